The van der Waals surface area contributed by atoms with Gasteiger partial charge in [-0.15, -0.1) is 0 Å². The third-order valence-corrected chi connectivity index (χ3v) is 5.70. The standard InChI is InChI=1S/C21H29ClN4O3/c1-14(18-23-20(24-29-18)21(2,3)4)25-10-12-26(13-11-25)17(19(27)28-5)15-8-6-7-9-16(15)22/h6-9,14,17H,10-13H2,1-5H3. The van der Waals surface area contributed by atoms with Crippen molar-refractivity contribution in [1.82, 2.24) is 19.9 Å². The lowest BCUT2D eigenvalue weighted by Gasteiger charge is -2.39. The minimum absolute atomic E-state index is 0.0117. The van der Waals surface area contributed by atoms with Gasteiger partial charge in [0.15, 0.2) is 5.82 Å². The normalized spacial score (nSPS) is 18.4. The second-order valence-electron chi connectivity index (χ2n) is 8.40. The number of carbonyl (C=O) groups is 1. The average Bonchev–Trinajstić information content (AvgIpc) is 3.20. The molecule has 158 valence electrons. The molecule has 2 unspecified atom stereocenters. The Morgan fingerprint density at radius 3 is 2.34 bits per heavy atom. The molecular formula is C21H29ClN4O3. The van der Waals surface area contributed by atoms with Gasteiger partial charge in [-0.05, 0) is 18.6 Å². The van der Waals surface area contributed by atoms with E-state index in [0.717, 1.165) is 18.7 Å². The van der Waals surface area contributed by atoms with Gasteiger partial charge >= 0.3 is 5.97 Å². The number of piperazine rings is 1. The summed E-state index contributed by atoms with van der Waals surface area (Å²) in [4.78, 5) is 21.5. The number of methoxy groups -OCH3 is 1. The summed E-state index contributed by atoms with van der Waals surface area (Å²) < 4.78 is 10.6. The number of benzene rings is 1. The molecule has 1 aromatic heterocycles. The Bertz CT molecular complexity index is 840. The smallest absolute Gasteiger partial charge is 0.327 e. The summed E-state index contributed by atoms with van der Waals surface area (Å²) in [6.07, 6.45) is 0. The lowest BCUT2D eigenvalue weighted by atomic mass is 9.96. The molecule has 1 aliphatic heterocycles. The largest absolute Gasteiger partial charge is 0.468 e. The number of ether oxygens (including phenoxy) is 1. The molecule has 2 heterocycles. The highest BCUT2D eigenvalue weighted by molar-refractivity contribution is 6.31. The van der Waals surface area contributed by atoms with Crippen molar-refractivity contribution in [1.29, 1.82) is 0 Å². The molecule has 2 atom stereocenters. The van der Waals surface area contributed by atoms with E-state index in [1.165, 1.54) is 7.11 Å². The Labute approximate surface area is 177 Å². The van der Waals surface area contributed by atoms with Gasteiger partial charge in [-0.25, -0.2) is 4.79 Å². The fourth-order valence-electron chi connectivity index (χ4n) is 3.53. The predicted molar refractivity (Wildman–Crippen MR) is 111 cm³/mol. The van der Waals surface area contributed by atoms with E-state index in [4.69, 9.17) is 20.9 Å². The Morgan fingerprint density at radius 2 is 1.79 bits per heavy atom. The molecule has 0 spiro atoms. The van der Waals surface area contributed by atoms with E-state index >= 15 is 0 Å². The van der Waals surface area contributed by atoms with Gasteiger partial charge in [0.05, 0.1) is 13.2 Å². The summed E-state index contributed by atoms with van der Waals surface area (Å²) in [6.45, 7) is 11.2. The van der Waals surface area contributed by atoms with Crippen LogP contribution < -0.4 is 0 Å². The zero-order valence-corrected chi connectivity index (χ0v) is 18.4. The van der Waals surface area contributed by atoms with Crippen molar-refractivity contribution in [2.24, 2.45) is 0 Å². The number of halogens is 1. The molecular weight excluding hydrogens is 392 g/mol. The molecule has 0 radical (unpaired) electrons. The van der Waals surface area contributed by atoms with Crippen LogP contribution in [-0.2, 0) is 14.9 Å². The molecule has 8 heteroatoms. The van der Waals surface area contributed by atoms with E-state index in [1.54, 1.807) is 6.07 Å². The van der Waals surface area contributed by atoms with Crippen molar-refractivity contribution in [3.05, 3.63) is 46.6 Å². The topological polar surface area (TPSA) is 71.7 Å². The molecule has 0 aliphatic carbocycles. The Balaban J connectivity index is 1.70. The number of nitrogens with zero attached hydrogens (tertiary/aromatic N) is 4. The van der Waals surface area contributed by atoms with Crippen molar-refractivity contribution < 1.29 is 14.1 Å². The molecule has 1 saturated heterocycles. The molecule has 0 bridgehead atoms. The third-order valence-electron chi connectivity index (χ3n) is 5.36. The molecule has 0 amide bonds. The van der Waals surface area contributed by atoms with Gasteiger partial charge in [0, 0.05) is 36.6 Å². The molecule has 29 heavy (non-hydrogen) atoms. The van der Waals surface area contributed by atoms with Crippen LogP contribution >= 0.6 is 11.6 Å². The van der Waals surface area contributed by atoms with Gasteiger partial charge in [-0.2, -0.15) is 4.98 Å². The van der Waals surface area contributed by atoms with Crippen LogP contribution in [0.5, 0.6) is 0 Å². The lowest BCUT2D eigenvalue weighted by molar-refractivity contribution is -0.148. The maximum absolute atomic E-state index is 12.5. The van der Waals surface area contributed by atoms with E-state index in [-0.39, 0.29) is 17.4 Å². The Kier molecular flexibility index (Phi) is 6.61. The van der Waals surface area contributed by atoms with E-state index in [1.807, 2.05) is 18.2 Å². The SMILES string of the molecule is COC(=O)C(c1ccccc1Cl)N1CCN(C(C)c2nc(C(C)(C)C)no2)CC1. The minimum Gasteiger partial charge on any atom is -0.468 e. The van der Waals surface area contributed by atoms with Crippen molar-refractivity contribution in [3.8, 4) is 0 Å². The van der Waals surface area contributed by atoms with Gasteiger partial charge in [-0.3, -0.25) is 9.80 Å². The highest BCUT2D eigenvalue weighted by atomic mass is 35.5. The predicted octanol–water partition coefficient (Wildman–Crippen LogP) is 3.61. The van der Waals surface area contributed by atoms with Gasteiger partial charge < -0.3 is 9.26 Å². The molecule has 0 saturated carbocycles. The van der Waals surface area contributed by atoms with E-state index in [2.05, 4.69) is 47.6 Å². The second-order valence-corrected chi connectivity index (χ2v) is 8.81. The third kappa shape index (κ3) is 4.79. The summed E-state index contributed by atoms with van der Waals surface area (Å²) in [7, 11) is 1.41. The van der Waals surface area contributed by atoms with E-state index in [0.29, 0.717) is 29.8 Å². The van der Waals surface area contributed by atoms with E-state index < -0.39 is 6.04 Å². The Hall–Kier alpha value is -1.96. The number of esters is 1. The monoisotopic (exact) mass is 420 g/mol. The maximum Gasteiger partial charge on any atom is 0.327 e. The van der Waals surface area contributed by atoms with Crippen LogP contribution in [0.4, 0.5) is 0 Å². The van der Waals surface area contributed by atoms with Gasteiger partial charge in [0.25, 0.3) is 0 Å². The van der Waals surface area contributed by atoms with Crippen molar-refractivity contribution in [2.75, 3.05) is 33.3 Å². The average molecular weight is 421 g/mol. The van der Waals surface area contributed by atoms with Crippen molar-refractivity contribution >= 4 is 17.6 Å². The van der Waals surface area contributed by atoms with Crippen LogP contribution in [0.15, 0.2) is 28.8 Å². The molecule has 7 nitrogen and oxygen atoms in total. The van der Waals surface area contributed by atoms with Crippen LogP contribution in [0.1, 0.15) is 57.1 Å². The first-order valence-corrected chi connectivity index (χ1v) is 10.2. The molecule has 3 rings (SSSR count). The molecule has 2 aromatic rings. The molecule has 0 N–H and O–H groups in total. The fourth-order valence-corrected chi connectivity index (χ4v) is 3.77. The minimum atomic E-state index is -0.512. The molecule has 1 aromatic carbocycles. The number of hydrogen-bond acceptors (Lipinski definition) is 7. The first-order chi connectivity index (χ1) is 13.7. The number of carbonyl (C=O) groups excluding carboxylic acids is 1. The molecule has 1 fully saturated rings. The summed E-state index contributed by atoms with van der Waals surface area (Å²) in [5, 5.41) is 4.70. The fraction of sp³-hybridized carbons (Fsp3) is 0.571. The summed E-state index contributed by atoms with van der Waals surface area (Å²) in [6, 6.07) is 6.92. The first-order valence-electron chi connectivity index (χ1n) is 9.87. The van der Waals surface area contributed by atoms with Gasteiger partial charge in [0.1, 0.15) is 6.04 Å². The summed E-state index contributed by atoms with van der Waals surface area (Å²) in [5.41, 5.74) is 0.622. The van der Waals surface area contributed by atoms with Crippen LogP contribution in [0.2, 0.25) is 5.02 Å². The van der Waals surface area contributed by atoms with Crippen LogP contribution in [0.3, 0.4) is 0 Å². The van der Waals surface area contributed by atoms with Crippen LogP contribution in [-0.4, -0.2) is 59.2 Å². The maximum atomic E-state index is 12.5. The zero-order chi connectivity index (χ0) is 21.2. The van der Waals surface area contributed by atoms with Crippen molar-refractivity contribution in [2.45, 2.75) is 45.2 Å². The second kappa shape index (κ2) is 8.81. The van der Waals surface area contributed by atoms with Gasteiger partial charge in [-0.1, -0.05) is 55.7 Å². The summed E-state index contributed by atoms with van der Waals surface area (Å²) >= 11 is 6.37. The summed E-state index contributed by atoms with van der Waals surface area (Å²) in [5.74, 6) is 1.03. The number of hydrogen-bond donors (Lipinski definition) is 0. The van der Waals surface area contributed by atoms with Crippen molar-refractivity contribution in [3.63, 3.8) is 0 Å². The van der Waals surface area contributed by atoms with Gasteiger partial charge in [0.2, 0.25) is 5.89 Å². The number of aromatic nitrogens is 2. The highest BCUT2D eigenvalue weighted by Crippen LogP contribution is 2.31. The first kappa shape index (κ1) is 21.7. The zero-order valence-electron chi connectivity index (χ0n) is 17.7. The Morgan fingerprint density at radius 1 is 1.17 bits per heavy atom. The highest BCUT2D eigenvalue weighted by Gasteiger charge is 2.34. The van der Waals surface area contributed by atoms with E-state index in [9.17, 15) is 4.79 Å². The number of rotatable bonds is 5. The van der Waals surface area contributed by atoms with Crippen LogP contribution in [0.25, 0.3) is 0 Å². The quantitative estimate of drug-likeness (QED) is 0.684. The molecule has 1 aliphatic rings. The van der Waals surface area contributed by atoms with Crippen LogP contribution in [0, 0.1) is 0 Å². The lowest BCUT2D eigenvalue weighted by Crippen LogP contribution is -2.50.